The maximum atomic E-state index is 14.1. The van der Waals surface area contributed by atoms with Gasteiger partial charge in [0.05, 0.1) is 35.5 Å². The van der Waals surface area contributed by atoms with Crippen molar-refractivity contribution in [2.75, 3.05) is 0 Å². The van der Waals surface area contributed by atoms with Gasteiger partial charge in [-0.3, -0.25) is 9.48 Å². The second kappa shape index (κ2) is 9.25. The zero-order valence-corrected chi connectivity index (χ0v) is 20.1. The molecular formula is C26H25F3N6O. The number of aryl methyl sites for hydroxylation is 1. The van der Waals surface area contributed by atoms with Crippen molar-refractivity contribution in [3.63, 3.8) is 0 Å². The number of rotatable bonds is 5. The van der Waals surface area contributed by atoms with E-state index >= 15 is 0 Å². The largest absolute Gasteiger partial charge is 0.327 e. The fraction of sp³-hybridized carbons (Fsp3) is 0.308. The van der Waals surface area contributed by atoms with Crippen LogP contribution in [0.5, 0.6) is 0 Å². The van der Waals surface area contributed by atoms with Crippen LogP contribution in [-0.4, -0.2) is 41.6 Å². The second-order valence-electron chi connectivity index (χ2n) is 8.86. The van der Waals surface area contributed by atoms with E-state index < -0.39 is 17.5 Å². The van der Waals surface area contributed by atoms with Crippen molar-refractivity contribution in [2.24, 2.45) is 7.05 Å². The van der Waals surface area contributed by atoms with Gasteiger partial charge in [0.25, 0.3) is 5.91 Å². The van der Waals surface area contributed by atoms with E-state index in [1.807, 2.05) is 24.8 Å². The first-order valence-corrected chi connectivity index (χ1v) is 11.8. The number of nitrogens with zero attached hydrogens (tertiary/aromatic N) is 6. The molecule has 0 fully saturated rings. The van der Waals surface area contributed by atoms with Gasteiger partial charge >= 0.3 is 0 Å². The van der Waals surface area contributed by atoms with Gasteiger partial charge in [-0.25, -0.2) is 13.2 Å². The second-order valence-corrected chi connectivity index (χ2v) is 8.86. The minimum absolute atomic E-state index is 0.139. The third-order valence-corrected chi connectivity index (χ3v) is 6.75. The summed E-state index contributed by atoms with van der Waals surface area (Å²) < 4.78 is 43.3. The Balaban J connectivity index is 1.58. The van der Waals surface area contributed by atoms with Gasteiger partial charge in [-0.05, 0) is 49.6 Å². The highest BCUT2D eigenvalue weighted by molar-refractivity contribution is 5.95. The number of carbonyl (C=O) groups is 1. The molecule has 0 radical (unpaired) electrons. The Bertz CT molecular complexity index is 1410. The summed E-state index contributed by atoms with van der Waals surface area (Å²) in [7, 11) is 1.69. The lowest BCUT2D eigenvalue weighted by Gasteiger charge is -2.41. The number of hydrogen-bond donors (Lipinski definition) is 0. The van der Waals surface area contributed by atoms with Crippen molar-refractivity contribution in [3.8, 4) is 16.9 Å². The van der Waals surface area contributed by atoms with E-state index in [1.54, 1.807) is 42.3 Å². The lowest BCUT2D eigenvalue weighted by atomic mass is 9.87. The van der Waals surface area contributed by atoms with Gasteiger partial charge in [0.2, 0.25) is 0 Å². The maximum absolute atomic E-state index is 14.1. The first kappa shape index (κ1) is 23.8. The van der Waals surface area contributed by atoms with Gasteiger partial charge in [0, 0.05) is 29.8 Å². The summed E-state index contributed by atoms with van der Waals surface area (Å²) in [5.74, 6) is -4.15. The standard InChI is InChI=1S/C26H25F3N6O/c1-4-17-14-19-24(32-33(3)25(19)16-12-20(27)23(29)21(28)13-16)22(5-2)34(17)26(36)15-7-6-8-18(11-15)35-30-9-10-31-35/h6-13,17,22H,4-5,14H2,1-3H3. The molecule has 36 heavy (non-hydrogen) atoms. The van der Waals surface area contributed by atoms with Gasteiger partial charge in [-0.1, -0.05) is 19.9 Å². The molecule has 1 aliphatic heterocycles. The van der Waals surface area contributed by atoms with Crippen LogP contribution in [0.25, 0.3) is 16.9 Å². The van der Waals surface area contributed by atoms with E-state index in [1.165, 1.54) is 4.80 Å². The average Bonchev–Trinajstić information content (AvgIpc) is 3.53. The quantitative estimate of drug-likeness (QED) is 0.366. The monoisotopic (exact) mass is 494 g/mol. The molecule has 186 valence electrons. The Morgan fingerprint density at radius 2 is 1.72 bits per heavy atom. The molecule has 0 saturated heterocycles. The van der Waals surface area contributed by atoms with Crippen molar-refractivity contribution >= 4 is 5.91 Å². The lowest BCUT2D eigenvalue weighted by Crippen LogP contribution is -2.47. The van der Waals surface area contributed by atoms with Crippen molar-refractivity contribution in [2.45, 2.75) is 45.2 Å². The fourth-order valence-electron chi connectivity index (χ4n) is 5.13. The van der Waals surface area contributed by atoms with Crippen LogP contribution in [0.2, 0.25) is 0 Å². The molecule has 0 N–H and O–H groups in total. The summed E-state index contributed by atoms with van der Waals surface area (Å²) in [5, 5.41) is 13.0. The Morgan fingerprint density at radius 1 is 1.03 bits per heavy atom. The highest BCUT2D eigenvalue weighted by atomic mass is 19.2. The molecule has 3 heterocycles. The van der Waals surface area contributed by atoms with Crippen LogP contribution >= 0.6 is 0 Å². The molecule has 1 aliphatic rings. The van der Waals surface area contributed by atoms with Crippen LogP contribution in [0.4, 0.5) is 13.2 Å². The zero-order valence-electron chi connectivity index (χ0n) is 20.1. The molecule has 2 aromatic carbocycles. The number of amides is 1. The summed E-state index contributed by atoms with van der Waals surface area (Å²) in [5.41, 5.74) is 3.42. The molecule has 0 saturated carbocycles. The highest BCUT2D eigenvalue weighted by Gasteiger charge is 2.40. The van der Waals surface area contributed by atoms with E-state index in [0.717, 1.165) is 17.7 Å². The van der Waals surface area contributed by atoms with E-state index in [0.29, 0.717) is 41.9 Å². The Morgan fingerprint density at radius 3 is 2.36 bits per heavy atom. The third kappa shape index (κ3) is 3.86. The summed E-state index contributed by atoms with van der Waals surface area (Å²) >= 11 is 0. The molecule has 5 rings (SSSR count). The van der Waals surface area contributed by atoms with E-state index in [-0.39, 0.29) is 23.6 Å². The summed E-state index contributed by atoms with van der Waals surface area (Å²) in [6.07, 6.45) is 4.86. The van der Waals surface area contributed by atoms with Gasteiger partial charge in [0.15, 0.2) is 17.5 Å². The van der Waals surface area contributed by atoms with Gasteiger partial charge in [-0.15, -0.1) is 0 Å². The lowest BCUT2D eigenvalue weighted by molar-refractivity contribution is 0.0513. The summed E-state index contributed by atoms with van der Waals surface area (Å²) in [6.45, 7) is 3.97. The van der Waals surface area contributed by atoms with E-state index in [2.05, 4.69) is 15.3 Å². The maximum Gasteiger partial charge on any atom is 0.254 e. The van der Waals surface area contributed by atoms with Crippen molar-refractivity contribution in [1.82, 2.24) is 29.7 Å². The molecular weight excluding hydrogens is 469 g/mol. The number of fused-ring (bicyclic) bond motifs is 1. The third-order valence-electron chi connectivity index (χ3n) is 6.75. The Hall–Kier alpha value is -3.95. The molecule has 0 spiro atoms. The predicted octanol–water partition coefficient (Wildman–Crippen LogP) is 5.01. The van der Waals surface area contributed by atoms with Crippen LogP contribution in [0.3, 0.4) is 0 Å². The van der Waals surface area contributed by atoms with Crippen LogP contribution in [0.15, 0.2) is 48.8 Å². The molecule has 2 atom stereocenters. The van der Waals surface area contributed by atoms with Crippen molar-refractivity contribution < 1.29 is 18.0 Å². The predicted molar refractivity (Wildman–Crippen MR) is 127 cm³/mol. The number of halogens is 3. The SMILES string of the molecule is CCC1Cc2c(nn(C)c2-c2cc(F)c(F)c(F)c2)C(CC)N1C(=O)c1cccc(-n2nccn2)c1. The molecule has 0 bridgehead atoms. The van der Waals surface area contributed by atoms with Crippen LogP contribution in [0.1, 0.15) is 54.3 Å². The first-order chi connectivity index (χ1) is 17.3. The number of aromatic nitrogens is 5. The van der Waals surface area contributed by atoms with Crippen molar-refractivity contribution in [3.05, 3.63) is 83.1 Å². The topological polar surface area (TPSA) is 68.8 Å². The Labute approximate surface area is 206 Å². The van der Waals surface area contributed by atoms with E-state index in [4.69, 9.17) is 0 Å². The smallest absolute Gasteiger partial charge is 0.254 e. The Kier molecular flexibility index (Phi) is 6.11. The van der Waals surface area contributed by atoms with Crippen LogP contribution in [-0.2, 0) is 13.5 Å². The van der Waals surface area contributed by atoms with Crippen LogP contribution in [0, 0.1) is 17.5 Å². The molecule has 7 nitrogen and oxygen atoms in total. The van der Waals surface area contributed by atoms with Crippen LogP contribution < -0.4 is 0 Å². The number of hydrogen-bond acceptors (Lipinski definition) is 4. The average molecular weight is 495 g/mol. The van der Waals surface area contributed by atoms with Gasteiger partial charge in [-0.2, -0.15) is 20.1 Å². The normalized spacial score (nSPS) is 17.3. The minimum atomic E-state index is -1.50. The highest BCUT2D eigenvalue weighted by Crippen LogP contribution is 2.41. The molecule has 2 aromatic heterocycles. The van der Waals surface area contributed by atoms with Gasteiger partial charge in [0.1, 0.15) is 0 Å². The molecule has 1 amide bonds. The molecule has 2 unspecified atom stereocenters. The minimum Gasteiger partial charge on any atom is -0.327 e. The molecule has 4 aromatic rings. The molecule has 0 aliphatic carbocycles. The summed E-state index contributed by atoms with van der Waals surface area (Å²) in [6, 6.07) is 8.61. The fourth-order valence-corrected chi connectivity index (χ4v) is 5.13. The van der Waals surface area contributed by atoms with E-state index in [9.17, 15) is 18.0 Å². The number of carbonyl (C=O) groups excluding carboxylic acids is 1. The van der Waals surface area contributed by atoms with Crippen molar-refractivity contribution in [1.29, 1.82) is 0 Å². The van der Waals surface area contributed by atoms with Gasteiger partial charge < -0.3 is 4.90 Å². The summed E-state index contributed by atoms with van der Waals surface area (Å²) in [4.78, 5) is 17.2. The zero-order chi connectivity index (χ0) is 25.6. The first-order valence-electron chi connectivity index (χ1n) is 11.8. The molecule has 10 heteroatoms. The number of benzene rings is 2.